The van der Waals surface area contributed by atoms with E-state index in [-0.39, 0.29) is 19.0 Å². The maximum absolute atomic E-state index is 13.4. The highest BCUT2D eigenvalue weighted by molar-refractivity contribution is 6.99. The van der Waals surface area contributed by atoms with E-state index in [1.165, 1.54) is 12.3 Å². The lowest BCUT2D eigenvalue weighted by atomic mass is 10.2. The van der Waals surface area contributed by atoms with Crippen LogP contribution in [0.15, 0.2) is 24.4 Å². The van der Waals surface area contributed by atoms with Crippen LogP contribution in [-0.2, 0) is 0 Å². The number of hydrogen-bond acceptors (Lipinski definition) is 6. The van der Waals surface area contributed by atoms with E-state index in [4.69, 9.17) is 4.74 Å². The average molecular weight is 283 g/mol. The van der Waals surface area contributed by atoms with Crippen molar-refractivity contribution in [3.63, 3.8) is 0 Å². The highest BCUT2D eigenvalue weighted by atomic mass is 32.1. The van der Waals surface area contributed by atoms with Gasteiger partial charge in [-0.3, -0.25) is 0 Å². The standard InChI is InChI=1S/C12H14FN3O2S/c1-8-2-3-10(13)11(4-8)14-5-9(17)7-18-12-6-15-19-16-12/h2-4,6,9,14,17H,5,7H2,1H3. The summed E-state index contributed by atoms with van der Waals surface area (Å²) in [6.45, 7) is 2.14. The fourth-order valence-electron chi connectivity index (χ4n) is 1.46. The van der Waals surface area contributed by atoms with Gasteiger partial charge in [0.2, 0.25) is 5.88 Å². The molecule has 1 heterocycles. The summed E-state index contributed by atoms with van der Waals surface area (Å²) >= 11 is 1.03. The van der Waals surface area contributed by atoms with Gasteiger partial charge in [0.05, 0.1) is 17.4 Å². The molecule has 0 saturated carbocycles. The first-order valence-corrected chi connectivity index (χ1v) is 6.46. The van der Waals surface area contributed by atoms with E-state index in [0.717, 1.165) is 17.3 Å². The molecule has 5 nitrogen and oxygen atoms in total. The lowest BCUT2D eigenvalue weighted by Gasteiger charge is -2.13. The molecule has 1 aromatic carbocycles. The van der Waals surface area contributed by atoms with Crippen molar-refractivity contribution in [1.29, 1.82) is 0 Å². The van der Waals surface area contributed by atoms with E-state index in [1.807, 2.05) is 6.92 Å². The second-order valence-corrected chi connectivity index (χ2v) is 4.63. The van der Waals surface area contributed by atoms with Gasteiger partial charge in [-0.15, -0.1) is 4.37 Å². The fourth-order valence-corrected chi connectivity index (χ4v) is 1.83. The molecule has 0 saturated heterocycles. The summed E-state index contributed by atoms with van der Waals surface area (Å²) < 4.78 is 26.3. The number of nitrogens with one attached hydrogen (secondary N) is 1. The maximum Gasteiger partial charge on any atom is 0.245 e. The van der Waals surface area contributed by atoms with Gasteiger partial charge in [-0.2, -0.15) is 4.37 Å². The minimum absolute atomic E-state index is 0.0752. The quantitative estimate of drug-likeness (QED) is 0.846. The molecule has 0 aliphatic rings. The Hall–Kier alpha value is -1.73. The van der Waals surface area contributed by atoms with E-state index in [0.29, 0.717) is 11.6 Å². The van der Waals surface area contributed by atoms with Gasteiger partial charge in [0, 0.05) is 6.54 Å². The molecule has 0 amide bonds. The molecule has 102 valence electrons. The van der Waals surface area contributed by atoms with Crippen LogP contribution in [0.4, 0.5) is 10.1 Å². The monoisotopic (exact) mass is 283 g/mol. The summed E-state index contributed by atoms with van der Waals surface area (Å²) in [7, 11) is 0. The largest absolute Gasteiger partial charge is 0.473 e. The van der Waals surface area contributed by atoms with Gasteiger partial charge in [-0.1, -0.05) is 6.07 Å². The number of ether oxygens (including phenoxy) is 1. The zero-order valence-corrected chi connectivity index (χ0v) is 11.2. The first kappa shape index (κ1) is 13.7. The summed E-state index contributed by atoms with van der Waals surface area (Å²) in [5.41, 5.74) is 1.32. The Kier molecular flexibility index (Phi) is 4.64. The van der Waals surface area contributed by atoms with Crippen LogP contribution < -0.4 is 10.1 Å². The molecule has 2 aromatic rings. The maximum atomic E-state index is 13.4. The Morgan fingerprint density at radius 3 is 3.11 bits per heavy atom. The molecule has 1 aromatic heterocycles. The van der Waals surface area contributed by atoms with Crippen molar-refractivity contribution in [2.45, 2.75) is 13.0 Å². The molecule has 0 fully saturated rings. The number of halogens is 1. The summed E-state index contributed by atoms with van der Waals surface area (Å²) in [6, 6.07) is 4.77. The third-order valence-electron chi connectivity index (χ3n) is 2.41. The molecule has 19 heavy (non-hydrogen) atoms. The van der Waals surface area contributed by atoms with Crippen LogP contribution in [-0.4, -0.2) is 33.1 Å². The van der Waals surface area contributed by atoms with Crippen LogP contribution in [0.3, 0.4) is 0 Å². The summed E-state index contributed by atoms with van der Waals surface area (Å²) in [5, 5.41) is 12.6. The van der Waals surface area contributed by atoms with Crippen molar-refractivity contribution in [2.24, 2.45) is 0 Å². The molecule has 0 radical (unpaired) electrons. The molecule has 2 rings (SSSR count). The van der Waals surface area contributed by atoms with Gasteiger partial charge in [0.15, 0.2) is 0 Å². The van der Waals surface area contributed by atoms with Crippen molar-refractivity contribution in [1.82, 2.24) is 8.75 Å². The lowest BCUT2D eigenvalue weighted by molar-refractivity contribution is 0.115. The fraction of sp³-hybridized carbons (Fsp3) is 0.333. The minimum atomic E-state index is -0.762. The van der Waals surface area contributed by atoms with Gasteiger partial charge < -0.3 is 15.2 Å². The SMILES string of the molecule is Cc1ccc(F)c(NCC(O)COc2cnsn2)c1. The van der Waals surface area contributed by atoms with Crippen molar-refractivity contribution in [3.8, 4) is 5.88 Å². The van der Waals surface area contributed by atoms with E-state index in [9.17, 15) is 9.50 Å². The Morgan fingerprint density at radius 1 is 1.53 bits per heavy atom. The lowest BCUT2D eigenvalue weighted by Crippen LogP contribution is -2.26. The molecule has 7 heteroatoms. The van der Waals surface area contributed by atoms with Crippen molar-refractivity contribution in [3.05, 3.63) is 35.8 Å². The number of aromatic nitrogens is 2. The highest BCUT2D eigenvalue weighted by Crippen LogP contribution is 2.15. The minimum Gasteiger partial charge on any atom is -0.473 e. The highest BCUT2D eigenvalue weighted by Gasteiger charge is 2.08. The molecule has 0 aliphatic carbocycles. The van der Waals surface area contributed by atoms with Crippen LogP contribution >= 0.6 is 11.7 Å². The topological polar surface area (TPSA) is 67.3 Å². The van der Waals surface area contributed by atoms with E-state index in [1.54, 1.807) is 12.1 Å². The number of aliphatic hydroxyl groups excluding tert-OH is 1. The van der Waals surface area contributed by atoms with E-state index in [2.05, 4.69) is 14.1 Å². The first-order valence-electron chi connectivity index (χ1n) is 5.73. The predicted molar refractivity (Wildman–Crippen MR) is 71.0 cm³/mol. The average Bonchev–Trinajstić information content (AvgIpc) is 2.90. The number of hydrogen-bond donors (Lipinski definition) is 2. The third kappa shape index (κ3) is 4.15. The zero-order chi connectivity index (χ0) is 13.7. The number of aryl methyl sites for hydroxylation is 1. The number of rotatable bonds is 6. The molecule has 0 aliphatic heterocycles. The van der Waals surface area contributed by atoms with Crippen molar-refractivity contribution >= 4 is 17.4 Å². The predicted octanol–water partition coefficient (Wildman–Crippen LogP) is 1.84. The molecule has 0 bridgehead atoms. The van der Waals surface area contributed by atoms with Gasteiger partial charge in [0.25, 0.3) is 0 Å². The van der Waals surface area contributed by atoms with Crippen molar-refractivity contribution < 1.29 is 14.2 Å². The molecule has 2 N–H and O–H groups in total. The summed E-state index contributed by atoms with van der Waals surface area (Å²) in [6.07, 6.45) is 0.715. The Balaban J connectivity index is 1.79. The van der Waals surface area contributed by atoms with E-state index >= 15 is 0 Å². The second-order valence-electron chi connectivity index (χ2n) is 4.07. The zero-order valence-electron chi connectivity index (χ0n) is 10.3. The molecule has 1 unspecified atom stereocenters. The Labute approximate surface area is 114 Å². The summed E-state index contributed by atoms with van der Waals surface area (Å²) in [5.74, 6) is 0.0354. The third-order valence-corrected chi connectivity index (χ3v) is 2.88. The Morgan fingerprint density at radius 2 is 2.37 bits per heavy atom. The number of aliphatic hydroxyl groups is 1. The van der Waals surface area contributed by atoms with Crippen LogP contribution in [0.25, 0.3) is 0 Å². The molecular formula is C12H14FN3O2S. The molecule has 1 atom stereocenters. The number of nitrogens with zero attached hydrogens (tertiary/aromatic N) is 2. The number of benzene rings is 1. The van der Waals surface area contributed by atoms with E-state index < -0.39 is 6.10 Å². The first-order chi connectivity index (χ1) is 9.15. The van der Waals surface area contributed by atoms with Crippen LogP contribution in [0, 0.1) is 12.7 Å². The normalized spacial score (nSPS) is 12.2. The van der Waals surface area contributed by atoms with Crippen LogP contribution in [0.5, 0.6) is 5.88 Å². The number of anilines is 1. The Bertz CT molecular complexity index is 522. The smallest absolute Gasteiger partial charge is 0.245 e. The second kappa shape index (κ2) is 6.44. The van der Waals surface area contributed by atoms with Gasteiger partial charge in [0.1, 0.15) is 24.7 Å². The van der Waals surface area contributed by atoms with Crippen LogP contribution in [0.2, 0.25) is 0 Å². The molecule has 0 spiro atoms. The molecular weight excluding hydrogens is 269 g/mol. The van der Waals surface area contributed by atoms with Crippen LogP contribution in [0.1, 0.15) is 5.56 Å². The van der Waals surface area contributed by atoms with Gasteiger partial charge in [-0.25, -0.2) is 4.39 Å². The summed E-state index contributed by atoms with van der Waals surface area (Å²) in [4.78, 5) is 0. The van der Waals surface area contributed by atoms with Crippen molar-refractivity contribution in [2.75, 3.05) is 18.5 Å². The van der Waals surface area contributed by atoms with Gasteiger partial charge >= 0.3 is 0 Å². The van der Waals surface area contributed by atoms with Gasteiger partial charge in [-0.05, 0) is 24.6 Å².